The molecule has 4 bridgehead atoms. The lowest BCUT2D eigenvalue weighted by atomic mass is 9.77. The van der Waals surface area contributed by atoms with E-state index in [0.29, 0.717) is 22.7 Å². The first-order valence-electron chi connectivity index (χ1n) is 15.2. The number of hydrogen-bond acceptors (Lipinski definition) is 6. The number of anilines is 2. The number of carbonyl (C=O) groups is 4. The van der Waals surface area contributed by atoms with Gasteiger partial charge in [-0.3, -0.25) is 19.2 Å². The summed E-state index contributed by atoms with van der Waals surface area (Å²) >= 11 is 0. The number of aliphatic hydroxyl groups is 1. The van der Waals surface area contributed by atoms with Crippen molar-refractivity contribution in [3.05, 3.63) is 77.4 Å². The van der Waals surface area contributed by atoms with E-state index in [9.17, 15) is 24.3 Å². The highest BCUT2D eigenvalue weighted by molar-refractivity contribution is 6.24. The Hall–Kier alpha value is -4.04. The highest BCUT2D eigenvalue weighted by Crippen LogP contribution is 2.55. The summed E-state index contributed by atoms with van der Waals surface area (Å²) in [4.78, 5) is 57.2. The number of carbonyl (C=O) groups excluding carboxylic acids is 4. The van der Waals surface area contributed by atoms with E-state index in [1.165, 1.54) is 16.9 Å². The lowest BCUT2D eigenvalue weighted by Crippen LogP contribution is -2.34. The van der Waals surface area contributed by atoms with E-state index in [1.54, 1.807) is 12.1 Å². The van der Waals surface area contributed by atoms with Gasteiger partial charge in [0.1, 0.15) is 5.75 Å². The highest BCUT2D eigenvalue weighted by atomic mass is 16.5. The van der Waals surface area contributed by atoms with Crippen LogP contribution in [0.15, 0.2) is 60.7 Å². The van der Waals surface area contributed by atoms with E-state index >= 15 is 0 Å². The van der Waals surface area contributed by atoms with Crippen LogP contribution in [0.2, 0.25) is 0 Å². The van der Waals surface area contributed by atoms with Crippen LogP contribution in [0, 0.1) is 47.3 Å². The zero-order valence-corrected chi connectivity index (χ0v) is 24.4. The van der Waals surface area contributed by atoms with Crippen molar-refractivity contribution in [2.75, 3.05) is 16.9 Å². The number of fused-ring (bicyclic) bond motifs is 10. The van der Waals surface area contributed by atoms with Crippen molar-refractivity contribution in [2.45, 2.75) is 38.7 Å². The monoisotopic (exact) mass is 578 g/mol. The Labute approximate surface area is 250 Å². The maximum absolute atomic E-state index is 13.7. The van der Waals surface area contributed by atoms with Crippen molar-refractivity contribution >= 4 is 35.0 Å². The van der Waals surface area contributed by atoms with Crippen molar-refractivity contribution in [3.8, 4) is 5.75 Å². The number of nitrogens with zero attached hydrogens (tertiary/aromatic N) is 2. The molecular formula is C35H34N2O6. The number of aliphatic hydroxyl groups excluding tert-OH is 1. The van der Waals surface area contributed by atoms with Gasteiger partial charge in [-0.15, -0.1) is 0 Å². The molecule has 8 unspecified atom stereocenters. The summed E-state index contributed by atoms with van der Waals surface area (Å²) in [6.45, 7) is 3.74. The van der Waals surface area contributed by atoms with Crippen molar-refractivity contribution in [1.29, 1.82) is 0 Å². The highest BCUT2D eigenvalue weighted by Gasteiger charge is 2.61. The number of imide groups is 2. The molecule has 4 amide bonds. The van der Waals surface area contributed by atoms with Gasteiger partial charge < -0.3 is 9.84 Å². The van der Waals surface area contributed by atoms with E-state index in [2.05, 4.69) is 24.3 Å². The lowest BCUT2D eigenvalue weighted by molar-refractivity contribution is -0.124. The third-order valence-electron chi connectivity index (χ3n) is 11.3. The zero-order valence-electron chi connectivity index (χ0n) is 24.4. The smallest absolute Gasteiger partial charge is 0.238 e. The third kappa shape index (κ3) is 3.41. The maximum atomic E-state index is 13.7. The van der Waals surface area contributed by atoms with Gasteiger partial charge in [0.2, 0.25) is 23.6 Å². The van der Waals surface area contributed by atoms with Crippen LogP contribution in [0.5, 0.6) is 5.75 Å². The molecule has 0 radical (unpaired) electrons. The fourth-order valence-corrected chi connectivity index (χ4v) is 8.99. The van der Waals surface area contributed by atoms with Gasteiger partial charge in [0, 0.05) is 11.0 Å². The van der Waals surface area contributed by atoms with Gasteiger partial charge in [-0.1, -0.05) is 56.4 Å². The molecule has 2 saturated carbocycles. The van der Waals surface area contributed by atoms with E-state index in [-0.39, 0.29) is 77.6 Å². The summed E-state index contributed by atoms with van der Waals surface area (Å²) in [7, 11) is 1.53. The molecule has 8 nitrogen and oxygen atoms in total. The van der Waals surface area contributed by atoms with Crippen LogP contribution in [-0.4, -0.2) is 35.8 Å². The Morgan fingerprint density at radius 2 is 1.12 bits per heavy atom. The average Bonchev–Trinajstić information content (AvgIpc) is 3.85. The fourth-order valence-electron chi connectivity index (χ4n) is 8.99. The number of allylic oxidation sites excluding steroid dienone is 4. The third-order valence-corrected chi connectivity index (χ3v) is 11.3. The van der Waals surface area contributed by atoms with Crippen LogP contribution < -0.4 is 14.5 Å². The topological polar surface area (TPSA) is 104 Å². The Balaban J connectivity index is 1.17. The number of hydrogen-bond donors (Lipinski definition) is 1. The zero-order chi connectivity index (χ0) is 29.9. The summed E-state index contributed by atoms with van der Waals surface area (Å²) in [5.41, 5.74) is 2.38. The molecule has 0 spiro atoms. The van der Waals surface area contributed by atoms with Gasteiger partial charge in [0.15, 0.2) is 0 Å². The summed E-state index contributed by atoms with van der Waals surface area (Å²) in [6, 6.07) is 11.1. The second kappa shape index (κ2) is 8.99. The molecule has 2 aliphatic heterocycles. The van der Waals surface area contributed by atoms with E-state index in [0.717, 1.165) is 24.0 Å². The predicted molar refractivity (Wildman–Crippen MR) is 158 cm³/mol. The SMILES string of the molecule is COc1ccc(C(C)(C)c2ccc(CO)c(N3C(=O)C4C5C=CC(C5)C4C3=O)c2)cc1N1C(=O)C2C3C=CC(C3)C2C1=O. The van der Waals surface area contributed by atoms with Gasteiger partial charge in [-0.2, -0.15) is 0 Å². The molecule has 2 aromatic carbocycles. The van der Waals surface area contributed by atoms with Crippen molar-refractivity contribution in [2.24, 2.45) is 47.3 Å². The molecular weight excluding hydrogens is 544 g/mol. The lowest BCUT2D eigenvalue weighted by Gasteiger charge is -2.30. The Kier molecular flexibility index (Phi) is 5.55. The molecule has 1 N–H and O–H groups in total. The summed E-state index contributed by atoms with van der Waals surface area (Å²) in [5.74, 6) is -1.21. The van der Waals surface area contributed by atoms with Gasteiger partial charge >= 0.3 is 0 Å². The van der Waals surface area contributed by atoms with Crippen molar-refractivity contribution in [3.63, 3.8) is 0 Å². The molecule has 43 heavy (non-hydrogen) atoms. The van der Waals surface area contributed by atoms with Gasteiger partial charge in [0.25, 0.3) is 0 Å². The molecule has 8 atom stereocenters. The number of rotatable bonds is 6. The van der Waals surface area contributed by atoms with E-state index in [1.807, 2.05) is 38.1 Å². The minimum atomic E-state index is -0.658. The number of methoxy groups -OCH3 is 1. The van der Waals surface area contributed by atoms with Gasteiger partial charge in [-0.05, 0) is 65.8 Å². The number of ether oxygens (including phenoxy) is 1. The summed E-state index contributed by atoms with van der Waals surface area (Å²) in [6.07, 6.45) is 10.0. The Bertz CT molecular complexity index is 1510. The predicted octanol–water partition coefficient (Wildman–Crippen LogP) is 4.14. The second-order valence-corrected chi connectivity index (χ2v) is 13.5. The van der Waals surface area contributed by atoms with Crippen LogP contribution in [0.25, 0.3) is 0 Å². The van der Waals surface area contributed by atoms with Crippen LogP contribution in [0.3, 0.4) is 0 Å². The second-order valence-electron chi connectivity index (χ2n) is 13.5. The first-order valence-corrected chi connectivity index (χ1v) is 15.2. The van der Waals surface area contributed by atoms with Gasteiger partial charge in [-0.25, -0.2) is 9.80 Å². The fraction of sp³-hybridized carbons (Fsp3) is 0.429. The molecule has 4 fully saturated rings. The van der Waals surface area contributed by atoms with Gasteiger partial charge in [0.05, 0.1) is 48.8 Å². The van der Waals surface area contributed by atoms with E-state index in [4.69, 9.17) is 4.74 Å². The molecule has 2 saturated heterocycles. The molecule has 220 valence electrons. The molecule has 2 heterocycles. The molecule has 8 heteroatoms. The van der Waals surface area contributed by atoms with Crippen LogP contribution in [0.1, 0.15) is 43.4 Å². The van der Waals surface area contributed by atoms with Crippen molar-refractivity contribution in [1.82, 2.24) is 0 Å². The molecule has 8 rings (SSSR count). The molecule has 0 aromatic heterocycles. The Morgan fingerprint density at radius 3 is 1.56 bits per heavy atom. The first kappa shape index (κ1) is 26.6. The minimum absolute atomic E-state index is 0.0906. The largest absolute Gasteiger partial charge is 0.495 e. The molecule has 6 aliphatic rings. The summed E-state index contributed by atoms with van der Waals surface area (Å²) < 4.78 is 5.64. The molecule has 4 aliphatic carbocycles. The standard InChI is InChI=1S/C35H34N2O6/c1-35(2,22-9-8-21(16-38)24(14-22)36-31(39)27-17-4-5-18(12-17)28(27)32(36)40)23-10-11-26(43-3)25(15-23)37-33(41)29-19-6-7-20(13-19)30(29)34(37)42/h4-11,14-15,17-20,27-30,38H,12-13,16H2,1-3H3. The van der Waals surface area contributed by atoms with Crippen LogP contribution in [-0.2, 0) is 31.2 Å². The van der Waals surface area contributed by atoms with E-state index < -0.39 is 5.41 Å². The maximum Gasteiger partial charge on any atom is 0.238 e. The summed E-state index contributed by atoms with van der Waals surface area (Å²) in [5, 5.41) is 10.2. The number of benzene rings is 2. The number of amides is 4. The van der Waals surface area contributed by atoms with Crippen molar-refractivity contribution < 1.29 is 29.0 Å². The van der Waals surface area contributed by atoms with Crippen LogP contribution in [0.4, 0.5) is 11.4 Å². The minimum Gasteiger partial charge on any atom is -0.495 e. The Morgan fingerprint density at radius 1 is 0.698 bits per heavy atom. The van der Waals surface area contributed by atoms with Crippen LogP contribution >= 0.6 is 0 Å². The molecule has 2 aromatic rings. The normalized spacial score (nSPS) is 33.4. The average molecular weight is 579 g/mol. The quantitative estimate of drug-likeness (QED) is 0.408. The first-order chi connectivity index (χ1) is 20.6.